The Morgan fingerprint density at radius 3 is 2.75 bits per heavy atom. The van der Waals surface area contributed by atoms with Crippen LogP contribution in [-0.4, -0.2) is 37.8 Å². The number of benzene rings is 1. The first-order valence-electron chi connectivity index (χ1n) is 6.93. The smallest absolute Gasteiger partial charge is 0.185 e. The summed E-state index contributed by atoms with van der Waals surface area (Å²) < 4.78 is 23.1. The molecular weight excluding hydrogens is 256 g/mol. The molecule has 4 nitrogen and oxygen atoms in total. The van der Waals surface area contributed by atoms with Gasteiger partial charge in [0.25, 0.3) is 0 Å². The molecule has 0 amide bonds. The molecule has 2 aliphatic heterocycles. The average molecular weight is 276 g/mol. The van der Waals surface area contributed by atoms with Gasteiger partial charge in [0.2, 0.25) is 0 Å². The van der Waals surface area contributed by atoms with E-state index in [2.05, 4.69) is 18.7 Å². The number of hydrogen-bond acceptors (Lipinski definition) is 4. The topological polar surface area (TPSA) is 36.9 Å². The second kappa shape index (κ2) is 6.06. The van der Waals surface area contributed by atoms with Gasteiger partial charge in [0.1, 0.15) is 18.3 Å². The van der Waals surface area contributed by atoms with E-state index in [0.29, 0.717) is 6.61 Å². The Bertz CT molecular complexity index is 447. The van der Waals surface area contributed by atoms with Crippen LogP contribution in [-0.2, 0) is 25.6 Å². The predicted octanol–water partition coefficient (Wildman–Crippen LogP) is 2.29. The molecule has 1 aromatic carbocycles. The minimum Gasteiger partial charge on any atom is -0.376 e. The van der Waals surface area contributed by atoms with E-state index in [1.165, 1.54) is 0 Å². The highest BCUT2D eigenvalue weighted by Crippen LogP contribution is 2.35. The molecule has 4 heteroatoms. The Balaban J connectivity index is 1.66. The van der Waals surface area contributed by atoms with Gasteiger partial charge < -0.3 is 18.9 Å². The maximum absolute atomic E-state index is 6.03. The standard InChI is InChI=1S/C16H20O4/c1-3-12-15-13(9-14(17-2)16(19-12)20-15)18-10-11-7-5-4-6-8-11/h3-8,12-16H,1,9-10H2,2H3/t12-,13+,14-,15-,16?/m1/s1. The summed E-state index contributed by atoms with van der Waals surface area (Å²) in [5.41, 5.74) is 1.15. The zero-order valence-electron chi connectivity index (χ0n) is 11.6. The molecule has 0 saturated carbocycles. The maximum atomic E-state index is 6.03. The minimum atomic E-state index is -0.301. The van der Waals surface area contributed by atoms with E-state index < -0.39 is 0 Å². The molecule has 0 aliphatic carbocycles. The van der Waals surface area contributed by atoms with Gasteiger partial charge in [-0.1, -0.05) is 36.4 Å². The fraction of sp³-hybridized carbons (Fsp3) is 0.500. The molecule has 108 valence electrons. The molecule has 0 aromatic heterocycles. The van der Waals surface area contributed by atoms with E-state index in [4.69, 9.17) is 18.9 Å². The molecule has 1 unspecified atom stereocenters. The average Bonchev–Trinajstić information content (AvgIpc) is 2.87. The summed E-state index contributed by atoms with van der Waals surface area (Å²) in [5, 5.41) is 0. The third-order valence-electron chi connectivity index (χ3n) is 3.88. The fourth-order valence-corrected chi connectivity index (χ4v) is 2.78. The van der Waals surface area contributed by atoms with Gasteiger partial charge in [-0.05, 0) is 5.56 Å². The highest BCUT2D eigenvalue weighted by molar-refractivity contribution is 5.13. The van der Waals surface area contributed by atoms with Crippen LogP contribution in [0, 0.1) is 0 Å². The summed E-state index contributed by atoms with van der Waals surface area (Å²) in [6, 6.07) is 10.1. The Morgan fingerprint density at radius 2 is 2.05 bits per heavy atom. The number of rotatable bonds is 5. The van der Waals surface area contributed by atoms with Gasteiger partial charge in [0.15, 0.2) is 6.29 Å². The van der Waals surface area contributed by atoms with Crippen LogP contribution in [0.15, 0.2) is 43.0 Å². The summed E-state index contributed by atoms with van der Waals surface area (Å²) in [4.78, 5) is 0. The molecule has 2 aliphatic rings. The van der Waals surface area contributed by atoms with Gasteiger partial charge in [-0.2, -0.15) is 0 Å². The Labute approximate surface area is 119 Å². The monoisotopic (exact) mass is 276 g/mol. The first-order valence-corrected chi connectivity index (χ1v) is 6.93. The van der Waals surface area contributed by atoms with Gasteiger partial charge in [0, 0.05) is 13.5 Å². The number of fused-ring (bicyclic) bond motifs is 2. The van der Waals surface area contributed by atoms with Crippen molar-refractivity contribution < 1.29 is 18.9 Å². The van der Waals surface area contributed by atoms with E-state index in [1.54, 1.807) is 13.2 Å². The van der Waals surface area contributed by atoms with Crippen molar-refractivity contribution in [3.8, 4) is 0 Å². The zero-order chi connectivity index (χ0) is 13.9. The molecule has 0 radical (unpaired) electrons. The number of ether oxygens (including phenoxy) is 4. The second-order valence-corrected chi connectivity index (χ2v) is 5.15. The van der Waals surface area contributed by atoms with Crippen LogP contribution in [0.4, 0.5) is 0 Å². The third kappa shape index (κ3) is 2.65. The first-order chi connectivity index (χ1) is 9.81. The van der Waals surface area contributed by atoms with Gasteiger partial charge >= 0.3 is 0 Å². The summed E-state index contributed by atoms with van der Waals surface area (Å²) in [7, 11) is 1.67. The molecule has 0 spiro atoms. The van der Waals surface area contributed by atoms with Crippen molar-refractivity contribution in [1.29, 1.82) is 0 Å². The van der Waals surface area contributed by atoms with Gasteiger partial charge in [-0.15, -0.1) is 6.58 Å². The molecular formula is C16H20O4. The summed E-state index contributed by atoms with van der Waals surface area (Å²) in [5.74, 6) is 0. The summed E-state index contributed by atoms with van der Waals surface area (Å²) in [6.07, 6.45) is 1.92. The molecule has 2 fully saturated rings. The molecule has 20 heavy (non-hydrogen) atoms. The highest BCUT2D eigenvalue weighted by atomic mass is 16.8. The van der Waals surface area contributed by atoms with Crippen molar-refractivity contribution in [1.82, 2.24) is 0 Å². The quantitative estimate of drug-likeness (QED) is 0.773. The van der Waals surface area contributed by atoms with Crippen LogP contribution < -0.4 is 0 Å². The second-order valence-electron chi connectivity index (χ2n) is 5.15. The third-order valence-corrected chi connectivity index (χ3v) is 3.88. The van der Waals surface area contributed by atoms with Crippen molar-refractivity contribution in [2.24, 2.45) is 0 Å². The van der Waals surface area contributed by atoms with E-state index in [-0.39, 0.29) is 30.7 Å². The van der Waals surface area contributed by atoms with Crippen molar-refractivity contribution in [3.05, 3.63) is 48.6 Å². The molecule has 5 atom stereocenters. The fourth-order valence-electron chi connectivity index (χ4n) is 2.78. The van der Waals surface area contributed by atoms with E-state index >= 15 is 0 Å². The molecule has 2 saturated heterocycles. The zero-order valence-corrected chi connectivity index (χ0v) is 11.6. The largest absolute Gasteiger partial charge is 0.376 e. The lowest BCUT2D eigenvalue weighted by Crippen LogP contribution is -2.45. The van der Waals surface area contributed by atoms with Crippen molar-refractivity contribution in [2.75, 3.05) is 7.11 Å². The predicted molar refractivity (Wildman–Crippen MR) is 74.2 cm³/mol. The number of methoxy groups -OCH3 is 1. The van der Waals surface area contributed by atoms with Gasteiger partial charge in [-0.25, -0.2) is 0 Å². The van der Waals surface area contributed by atoms with E-state index in [9.17, 15) is 0 Å². The lowest BCUT2D eigenvalue weighted by atomic mass is 10.0. The molecule has 1 aromatic rings. The SMILES string of the molecule is C=C[C@H]1OC2O[C@H]1[C@@H](OCc1ccccc1)C[C@H]2OC. The lowest BCUT2D eigenvalue weighted by molar-refractivity contribution is -0.201. The maximum Gasteiger partial charge on any atom is 0.185 e. The van der Waals surface area contributed by atoms with E-state index in [0.717, 1.165) is 12.0 Å². The molecule has 2 bridgehead atoms. The Kier molecular flexibility index (Phi) is 4.17. The minimum absolute atomic E-state index is 0.0399. The van der Waals surface area contributed by atoms with Gasteiger partial charge in [0.05, 0.1) is 12.7 Å². The van der Waals surface area contributed by atoms with Crippen molar-refractivity contribution >= 4 is 0 Å². The molecule has 3 rings (SSSR count). The molecule has 2 heterocycles. The first kappa shape index (κ1) is 13.8. The van der Waals surface area contributed by atoms with Crippen LogP contribution in [0.3, 0.4) is 0 Å². The van der Waals surface area contributed by atoms with Crippen molar-refractivity contribution in [3.63, 3.8) is 0 Å². The van der Waals surface area contributed by atoms with Crippen LogP contribution in [0.5, 0.6) is 0 Å². The Hall–Kier alpha value is -1.20. The normalized spacial score (nSPS) is 36.0. The summed E-state index contributed by atoms with van der Waals surface area (Å²) >= 11 is 0. The van der Waals surface area contributed by atoms with Crippen LogP contribution >= 0.6 is 0 Å². The van der Waals surface area contributed by atoms with Crippen LogP contribution in [0.1, 0.15) is 12.0 Å². The Morgan fingerprint density at radius 1 is 1.25 bits per heavy atom. The number of hydrogen-bond donors (Lipinski definition) is 0. The van der Waals surface area contributed by atoms with Gasteiger partial charge in [-0.3, -0.25) is 0 Å². The summed E-state index contributed by atoms with van der Waals surface area (Å²) in [6.45, 7) is 4.37. The van der Waals surface area contributed by atoms with Crippen LogP contribution in [0.2, 0.25) is 0 Å². The van der Waals surface area contributed by atoms with E-state index in [1.807, 2.05) is 18.2 Å². The van der Waals surface area contributed by atoms with Crippen LogP contribution in [0.25, 0.3) is 0 Å². The highest BCUT2D eigenvalue weighted by Gasteiger charge is 2.49. The lowest BCUT2D eigenvalue weighted by Gasteiger charge is -2.33. The molecule has 0 N–H and O–H groups in total. The van der Waals surface area contributed by atoms with Crippen molar-refractivity contribution in [2.45, 2.75) is 43.7 Å².